The van der Waals surface area contributed by atoms with Crippen LogP contribution in [0.5, 0.6) is 0 Å². The normalized spacial score (nSPS) is 15.0. The van der Waals surface area contributed by atoms with Crippen LogP contribution in [-0.2, 0) is 6.42 Å². The lowest BCUT2D eigenvalue weighted by atomic mass is 10.1. The maximum absolute atomic E-state index is 6.13. The van der Waals surface area contributed by atoms with E-state index in [1.165, 1.54) is 17.3 Å². The maximum Gasteiger partial charge on any atom is 0.190 e. The lowest BCUT2D eigenvalue weighted by Gasteiger charge is -2.09. The highest BCUT2D eigenvalue weighted by Crippen LogP contribution is 2.27. The molecule has 15 heavy (non-hydrogen) atoms. The van der Waals surface area contributed by atoms with Crippen LogP contribution in [0.1, 0.15) is 12.5 Å². The molecule has 80 valence electrons. The molecule has 0 amide bonds. The zero-order chi connectivity index (χ0) is 10.8. The number of rotatable bonds is 1. The van der Waals surface area contributed by atoms with Gasteiger partial charge < -0.3 is 5.32 Å². The van der Waals surface area contributed by atoms with Crippen LogP contribution in [0.25, 0.3) is 0 Å². The fraction of sp³-hybridized carbons (Fsp3) is 0.400. The molecule has 0 atom stereocenters. The smallest absolute Gasteiger partial charge is 0.190 e. The minimum atomic E-state index is 0.562. The summed E-state index contributed by atoms with van der Waals surface area (Å²) >= 11 is 7.63. The molecular formula is C10H12ClN3S. The molecule has 1 aromatic heterocycles. The summed E-state index contributed by atoms with van der Waals surface area (Å²) in [6.45, 7) is 2.90. The topological polar surface area (TPSA) is 37.8 Å². The Bertz CT molecular complexity index is 417. The molecule has 2 heterocycles. The van der Waals surface area contributed by atoms with Crippen molar-refractivity contribution >= 4 is 29.2 Å². The molecule has 0 bridgehead atoms. The van der Waals surface area contributed by atoms with Gasteiger partial charge in [0, 0.05) is 12.1 Å². The first kappa shape index (κ1) is 10.8. The van der Waals surface area contributed by atoms with E-state index in [1.54, 1.807) is 0 Å². The molecule has 0 unspecified atom stereocenters. The summed E-state index contributed by atoms with van der Waals surface area (Å²) in [5.41, 5.74) is 2.30. The molecule has 0 fully saturated rings. The van der Waals surface area contributed by atoms with E-state index in [9.17, 15) is 0 Å². The summed E-state index contributed by atoms with van der Waals surface area (Å²) in [4.78, 5) is 8.64. The zero-order valence-corrected chi connectivity index (χ0v) is 10.2. The van der Waals surface area contributed by atoms with Crippen molar-refractivity contribution < 1.29 is 0 Å². The number of allylic oxidation sites excluding steroid dienone is 1. The SMILES string of the molecule is CSc1nc(Cl)c2c(n1)NCC=C(C)C2. The number of halogens is 1. The second-order valence-corrected chi connectivity index (χ2v) is 4.57. The van der Waals surface area contributed by atoms with E-state index in [2.05, 4.69) is 28.3 Å². The van der Waals surface area contributed by atoms with E-state index in [4.69, 9.17) is 11.6 Å². The average Bonchev–Trinajstić information content (AvgIpc) is 2.39. The first-order valence-corrected chi connectivity index (χ1v) is 6.31. The molecule has 0 saturated carbocycles. The standard InChI is InChI=1S/C10H12ClN3S/c1-6-3-4-12-9-7(5-6)8(11)13-10(14-9)15-2/h3H,4-5H2,1-2H3,(H,12,13,14). The molecule has 5 heteroatoms. The van der Waals surface area contributed by atoms with E-state index in [0.29, 0.717) is 10.3 Å². The first-order chi connectivity index (χ1) is 7.20. The van der Waals surface area contributed by atoms with E-state index in [0.717, 1.165) is 24.3 Å². The fourth-order valence-electron chi connectivity index (χ4n) is 1.50. The molecule has 0 aromatic carbocycles. The van der Waals surface area contributed by atoms with Crippen LogP contribution >= 0.6 is 23.4 Å². The van der Waals surface area contributed by atoms with Gasteiger partial charge in [-0.3, -0.25) is 0 Å². The van der Waals surface area contributed by atoms with Crippen LogP contribution in [0.15, 0.2) is 16.8 Å². The minimum Gasteiger partial charge on any atom is -0.366 e. The average molecular weight is 242 g/mol. The van der Waals surface area contributed by atoms with Crippen LogP contribution in [0.2, 0.25) is 5.15 Å². The predicted octanol–water partition coefficient (Wildman–Crippen LogP) is 2.77. The van der Waals surface area contributed by atoms with Crippen LogP contribution in [0, 0.1) is 0 Å². The summed E-state index contributed by atoms with van der Waals surface area (Å²) in [7, 11) is 0. The zero-order valence-electron chi connectivity index (χ0n) is 8.67. The Labute approximate surface area is 98.3 Å². The van der Waals surface area contributed by atoms with Gasteiger partial charge in [0.15, 0.2) is 5.16 Å². The highest BCUT2D eigenvalue weighted by atomic mass is 35.5. The molecule has 0 aliphatic carbocycles. The largest absolute Gasteiger partial charge is 0.366 e. The third-order valence-electron chi connectivity index (χ3n) is 2.29. The van der Waals surface area contributed by atoms with E-state index in [-0.39, 0.29) is 0 Å². The molecule has 0 spiro atoms. The van der Waals surface area contributed by atoms with Crippen molar-refractivity contribution in [1.29, 1.82) is 0 Å². The number of nitrogens with zero attached hydrogens (tertiary/aromatic N) is 2. The molecular weight excluding hydrogens is 230 g/mol. The molecule has 3 nitrogen and oxygen atoms in total. The van der Waals surface area contributed by atoms with Gasteiger partial charge in [-0.05, 0) is 19.6 Å². The van der Waals surface area contributed by atoms with Crippen LogP contribution < -0.4 is 5.32 Å². The molecule has 1 aliphatic rings. The summed E-state index contributed by atoms with van der Waals surface area (Å²) < 4.78 is 0. The number of nitrogens with one attached hydrogen (secondary N) is 1. The van der Waals surface area contributed by atoms with Gasteiger partial charge in [-0.25, -0.2) is 9.97 Å². The van der Waals surface area contributed by atoms with Crippen molar-refractivity contribution in [3.8, 4) is 0 Å². The lowest BCUT2D eigenvalue weighted by molar-refractivity contribution is 0.940. The molecule has 0 radical (unpaired) electrons. The molecule has 0 saturated heterocycles. The summed E-state index contributed by atoms with van der Waals surface area (Å²) in [6.07, 6.45) is 4.92. The third kappa shape index (κ3) is 2.26. The molecule has 2 rings (SSSR count). The Hall–Kier alpha value is -0.740. The fourth-order valence-corrected chi connectivity index (χ4v) is 2.16. The number of hydrogen-bond donors (Lipinski definition) is 1. The van der Waals surface area contributed by atoms with Gasteiger partial charge in [0.25, 0.3) is 0 Å². The minimum absolute atomic E-state index is 0.562. The molecule has 1 N–H and O–H groups in total. The van der Waals surface area contributed by atoms with Crippen LogP contribution in [0.3, 0.4) is 0 Å². The number of fused-ring (bicyclic) bond motifs is 1. The Morgan fingerprint density at radius 3 is 3.00 bits per heavy atom. The van der Waals surface area contributed by atoms with Crippen molar-refractivity contribution in [1.82, 2.24) is 9.97 Å². The molecule has 1 aliphatic heterocycles. The van der Waals surface area contributed by atoms with Gasteiger partial charge in [0.05, 0.1) is 0 Å². The second-order valence-electron chi connectivity index (χ2n) is 3.44. The van der Waals surface area contributed by atoms with E-state index in [1.807, 2.05) is 6.26 Å². The quantitative estimate of drug-likeness (QED) is 0.355. The Morgan fingerprint density at radius 1 is 1.47 bits per heavy atom. The van der Waals surface area contributed by atoms with Gasteiger partial charge in [0.2, 0.25) is 0 Å². The van der Waals surface area contributed by atoms with Crippen LogP contribution in [-0.4, -0.2) is 22.8 Å². The summed E-state index contributed by atoms with van der Waals surface area (Å²) in [5, 5.41) is 4.52. The number of hydrogen-bond acceptors (Lipinski definition) is 4. The van der Waals surface area contributed by atoms with Crippen LogP contribution in [0.4, 0.5) is 5.82 Å². The predicted molar refractivity (Wildman–Crippen MR) is 64.8 cm³/mol. The van der Waals surface area contributed by atoms with Gasteiger partial charge in [-0.15, -0.1) is 0 Å². The van der Waals surface area contributed by atoms with Crippen molar-refractivity contribution in [2.24, 2.45) is 0 Å². The second kappa shape index (κ2) is 4.41. The highest BCUT2D eigenvalue weighted by Gasteiger charge is 2.14. The van der Waals surface area contributed by atoms with E-state index >= 15 is 0 Å². The van der Waals surface area contributed by atoms with Gasteiger partial charge in [-0.1, -0.05) is 35.0 Å². The monoisotopic (exact) mass is 241 g/mol. The highest BCUT2D eigenvalue weighted by molar-refractivity contribution is 7.98. The van der Waals surface area contributed by atoms with Gasteiger partial charge in [-0.2, -0.15) is 0 Å². The third-order valence-corrected chi connectivity index (χ3v) is 3.15. The van der Waals surface area contributed by atoms with E-state index < -0.39 is 0 Å². The number of thioether (sulfide) groups is 1. The summed E-state index contributed by atoms with van der Waals surface area (Å²) in [6, 6.07) is 0. The Kier molecular flexibility index (Phi) is 3.17. The number of anilines is 1. The van der Waals surface area contributed by atoms with Gasteiger partial charge in [0.1, 0.15) is 11.0 Å². The first-order valence-electron chi connectivity index (χ1n) is 4.70. The van der Waals surface area contributed by atoms with Crippen molar-refractivity contribution in [2.75, 3.05) is 18.1 Å². The Morgan fingerprint density at radius 2 is 2.27 bits per heavy atom. The van der Waals surface area contributed by atoms with Gasteiger partial charge >= 0.3 is 0 Å². The Balaban J connectivity index is 2.47. The van der Waals surface area contributed by atoms with Crippen molar-refractivity contribution in [3.05, 3.63) is 22.4 Å². The van der Waals surface area contributed by atoms with Crippen molar-refractivity contribution in [3.63, 3.8) is 0 Å². The summed E-state index contributed by atoms with van der Waals surface area (Å²) in [5.74, 6) is 0.868. The molecule has 1 aromatic rings. The van der Waals surface area contributed by atoms with Crippen molar-refractivity contribution in [2.45, 2.75) is 18.5 Å². The maximum atomic E-state index is 6.13. The lowest BCUT2D eigenvalue weighted by Crippen LogP contribution is -2.04. The number of aromatic nitrogens is 2.